The zero-order valence-electron chi connectivity index (χ0n) is 4.39. The topological polar surface area (TPSA) is 37.3 Å². The molecule has 0 rings (SSSR count). The largest absolute Gasteiger partial charge is 0.479 e. The average Bonchev–Trinajstić information content (AvgIpc) is 1.67. The summed E-state index contributed by atoms with van der Waals surface area (Å²) in [6.07, 6.45) is 0.312. The highest BCUT2D eigenvalue weighted by Crippen LogP contribution is 2.23. The molecule has 4 heteroatoms. The summed E-state index contributed by atoms with van der Waals surface area (Å²) in [5.41, 5.74) is 0. The molecule has 0 radical (unpaired) electrons. The molecular weight excluding hydrogens is 148 g/mol. The smallest absolute Gasteiger partial charge is 0.334 e. The lowest BCUT2D eigenvalue weighted by molar-refractivity contribution is -0.137. The van der Waals surface area contributed by atoms with Crippen LogP contribution in [0.1, 0.15) is 13.3 Å². The molecule has 2 nitrogen and oxygen atoms in total. The Bertz CT molecular complexity index is 102. The molecule has 0 spiro atoms. The zero-order chi connectivity index (χ0) is 6.78. The number of alkyl halides is 1. The predicted molar refractivity (Wildman–Crippen MR) is 35.5 cm³/mol. The van der Waals surface area contributed by atoms with Gasteiger partial charge in [0.1, 0.15) is 0 Å². The van der Waals surface area contributed by atoms with E-state index in [9.17, 15) is 4.79 Å². The second-order valence-corrected chi connectivity index (χ2v) is 3.09. The predicted octanol–water partition coefficient (Wildman–Crippen LogP) is 1.35. The van der Waals surface area contributed by atoms with E-state index in [0.29, 0.717) is 6.42 Å². The molecule has 0 aliphatic carbocycles. The minimum Gasteiger partial charge on any atom is -0.479 e. The number of halogens is 1. The minimum absolute atomic E-state index is 0.312. The number of hydrogen-bond donors (Lipinski definition) is 2. The Morgan fingerprint density at radius 1 is 2.00 bits per heavy atom. The third-order valence-corrected chi connectivity index (χ3v) is 1.73. The van der Waals surface area contributed by atoms with Crippen LogP contribution in [0, 0.1) is 0 Å². The highest BCUT2D eigenvalue weighted by atomic mass is 35.5. The van der Waals surface area contributed by atoms with E-state index in [2.05, 4.69) is 12.6 Å². The molecule has 0 saturated carbocycles. The van der Waals surface area contributed by atoms with Crippen LogP contribution in [0.15, 0.2) is 0 Å². The zero-order valence-corrected chi connectivity index (χ0v) is 6.04. The second-order valence-electron chi connectivity index (χ2n) is 1.42. The standard InChI is InChI=1S/C4H7ClO2S/c1-2-4(5,8)3(6)7/h8H,2H2,1H3,(H,6,7). The van der Waals surface area contributed by atoms with Crippen LogP contribution in [-0.2, 0) is 4.79 Å². The first-order valence-electron chi connectivity index (χ1n) is 2.15. The summed E-state index contributed by atoms with van der Waals surface area (Å²) in [6, 6.07) is 0. The number of rotatable bonds is 2. The van der Waals surface area contributed by atoms with Crippen molar-refractivity contribution in [3.63, 3.8) is 0 Å². The van der Waals surface area contributed by atoms with Gasteiger partial charge in [-0.05, 0) is 6.42 Å². The summed E-state index contributed by atoms with van der Waals surface area (Å²) in [4.78, 5) is 10.0. The fraction of sp³-hybridized carbons (Fsp3) is 0.750. The first-order chi connectivity index (χ1) is 3.50. The fourth-order valence-corrected chi connectivity index (χ4v) is 0.151. The molecule has 8 heavy (non-hydrogen) atoms. The lowest BCUT2D eigenvalue weighted by Crippen LogP contribution is -2.23. The average molecular weight is 155 g/mol. The van der Waals surface area contributed by atoms with E-state index in [0.717, 1.165) is 0 Å². The molecule has 0 fully saturated rings. The van der Waals surface area contributed by atoms with Gasteiger partial charge >= 0.3 is 5.97 Å². The minimum atomic E-state index is -1.38. The third-order valence-electron chi connectivity index (χ3n) is 0.796. The maximum Gasteiger partial charge on any atom is 0.334 e. The van der Waals surface area contributed by atoms with Crippen molar-refractivity contribution in [1.82, 2.24) is 0 Å². The van der Waals surface area contributed by atoms with Gasteiger partial charge in [-0.15, -0.1) is 12.6 Å². The van der Waals surface area contributed by atoms with E-state index in [1.807, 2.05) is 0 Å². The Morgan fingerprint density at radius 3 is 2.38 bits per heavy atom. The van der Waals surface area contributed by atoms with Crippen LogP contribution in [0.2, 0.25) is 0 Å². The number of aliphatic carboxylic acids is 1. The Balaban J connectivity index is 3.91. The van der Waals surface area contributed by atoms with Gasteiger partial charge < -0.3 is 5.11 Å². The van der Waals surface area contributed by atoms with Gasteiger partial charge in [0.15, 0.2) is 4.21 Å². The van der Waals surface area contributed by atoms with E-state index >= 15 is 0 Å². The SMILES string of the molecule is CCC(S)(Cl)C(=O)O. The van der Waals surface area contributed by atoms with Gasteiger partial charge in [-0.25, -0.2) is 4.79 Å². The molecule has 0 aliphatic heterocycles. The van der Waals surface area contributed by atoms with Crippen molar-refractivity contribution < 1.29 is 9.90 Å². The molecule has 0 aromatic heterocycles. The van der Waals surface area contributed by atoms with Crippen LogP contribution in [0.3, 0.4) is 0 Å². The summed E-state index contributed by atoms with van der Waals surface area (Å²) in [6.45, 7) is 1.66. The highest BCUT2D eigenvalue weighted by Gasteiger charge is 2.28. The van der Waals surface area contributed by atoms with E-state index in [1.165, 1.54) is 0 Å². The van der Waals surface area contributed by atoms with Gasteiger partial charge in [0.25, 0.3) is 0 Å². The van der Waals surface area contributed by atoms with Gasteiger partial charge in [0, 0.05) is 0 Å². The summed E-state index contributed by atoms with van der Waals surface area (Å²) >= 11 is 8.97. The molecule has 1 unspecified atom stereocenters. The Labute approximate surface area is 58.2 Å². The number of hydrogen-bond acceptors (Lipinski definition) is 2. The molecule has 48 valence electrons. The lowest BCUT2D eigenvalue weighted by atomic mass is 10.3. The second kappa shape index (κ2) is 2.60. The molecule has 0 heterocycles. The third kappa shape index (κ3) is 1.92. The van der Waals surface area contributed by atoms with E-state index in [4.69, 9.17) is 16.7 Å². The number of thiol groups is 1. The summed E-state index contributed by atoms with van der Waals surface area (Å²) < 4.78 is -1.38. The number of carboxylic acids is 1. The van der Waals surface area contributed by atoms with E-state index in [-0.39, 0.29) is 0 Å². The Morgan fingerprint density at radius 2 is 2.38 bits per heavy atom. The summed E-state index contributed by atoms with van der Waals surface area (Å²) in [7, 11) is 0. The van der Waals surface area contributed by atoms with E-state index < -0.39 is 10.2 Å². The van der Waals surface area contributed by atoms with Gasteiger partial charge in [-0.1, -0.05) is 18.5 Å². The maximum absolute atomic E-state index is 10.0. The maximum atomic E-state index is 10.0. The molecule has 0 aromatic carbocycles. The molecule has 1 atom stereocenters. The molecule has 0 saturated heterocycles. The number of carboxylic acid groups (broad SMARTS) is 1. The van der Waals surface area contributed by atoms with Crippen LogP contribution in [0.4, 0.5) is 0 Å². The fourth-order valence-electron chi connectivity index (χ4n) is 0.151. The van der Waals surface area contributed by atoms with Gasteiger partial charge in [-0.3, -0.25) is 0 Å². The molecule has 0 aliphatic rings. The molecular formula is C4H7ClO2S. The van der Waals surface area contributed by atoms with E-state index in [1.54, 1.807) is 6.92 Å². The van der Waals surface area contributed by atoms with Crippen molar-refractivity contribution in [2.45, 2.75) is 17.6 Å². The normalized spacial score (nSPS) is 17.4. The van der Waals surface area contributed by atoms with Gasteiger partial charge in [0.05, 0.1) is 0 Å². The highest BCUT2D eigenvalue weighted by molar-refractivity contribution is 7.84. The van der Waals surface area contributed by atoms with Crippen molar-refractivity contribution in [2.24, 2.45) is 0 Å². The van der Waals surface area contributed by atoms with Crippen molar-refractivity contribution in [2.75, 3.05) is 0 Å². The van der Waals surface area contributed by atoms with Crippen LogP contribution in [-0.4, -0.2) is 15.3 Å². The molecule has 1 N–H and O–H groups in total. The molecule has 0 aromatic rings. The Hall–Kier alpha value is 0.110. The summed E-state index contributed by atoms with van der Waals surface area (Å²) in [5.74, 6) is -1.09. The van der Waals surface area contributed by atoms with Gasteiger partial charge in [-0.2, -0.15) is 0 Å². The van der Waals surface area contributed by atoms with Crippen LogP contribution in [0.25, 0.3) is 0 Å². The van der Waals surface area contributed by atoms with Crippen molar-refractivity contribution in [3.05, 3.63) is 0 Å². The van der Waals surface area contributed by atoms with Crippen molar-refractivity contribution in [1.29, 1.82) is 0 Å². The number of carbonyl (C=O) groups is 1. The van der Waals surface area contributed by atoms with Crippen LogP contribution >= 0.6 is 24.2 Å². The first kappa shape index (κ1) is 8.11. The van der Waals surface area contributed by atoms with Crippen LogP contribution in [0.5, 0.6) is 0 Å². The quantitative estimate of drug-likeness (QED) is 0.466. The molecule has 0 bridgehead atoms. The summed E-state index contributed by atoms with van der Waals surface area (Å²) in [5, 5.41) is 8.23. The van der Waals surface area contributed by atoms with Crippen molar-refractivity contribution in [3.8, 4) is 0 Å². The molecule has 0 amide bonds. The van der Waals surface area contributed by atoms with Crippen molar-refractivity contribution >= 4 is 30.2 Å². The first-order valence-corrected chi connectivity index (χ1v) is 2.98. The lowest BCUT2D eigenvalue weighted by Gasteiger charge is -2.10. The van der Waals surface area contributed by atoms with Gasteiger partial charge in [0.2, 0.25) is 0 Å². The van der Waals surface area contributed by atoms with Crippen LogP contribution < -0.4 is 0 Å². The Kier molecular flexibility index (Phi) is 2.63. The monoisotopic (exact) mass is 154 g/mol.